The number of hydrogen-bond acceptors (Lipinski definition) is 4. The number of alkyl halides is 1. The van der Waals surface area contributed by atoms with Crippen molar-refractivity contribution in [2.45, 2.75) is 5.88 Å². The third-order valence-corrected chi connectivity index (χ3v) is 3.43. The van der Waals surface area contributed by atoms with Gasteiger partial charge in [-0.1, -0.05) is 12.1 Å². The molecule has 0 aliphatic carbocycles. The summed E-state index contributed by atoms with van der Waals surface area (Å²) < 4.78 is 4.68. The monoisotopic (exact) mass is 267 g/mol. The quantitative estimate of drug-likeness (QED) is 0.632. The third kappa shape index (κ3) is 2.65. The fourth-order valence-electron chi connectivity index (χ4n) is 1.40. The van der Waals surface area contributed by atoms with Crippen LogP contribution in [0.3, 0.4) is 0 Å². The predicted octanol–water partition coefficient (Wildman–Crippen LogP) is 3.34. The van der Waals surface area contributed by atoms with Crippen LogP contribution < -0.4 is 0 Å². The van der Waals surface area contributed by atoms with Crippen molar-refractivity contribution < 1.29 is 9.53 Å². The van der Waals surface area contributed by atoms with Crippen LogP contribution in [0.4, 0.5) is 0 Å². The molecule has 0 aliphatic heterocycles. The zero-order valence-electron chi connectivity index (χ0n) is 9.14. The van der Waals surface area contributed by atoms with Crippen molar-refractivity contribution in [1.29, 1.82) is 0 Å². The van der Waals surface area contributed by atoms with Crippen LogP contribution in [-0.4, -0.2) is 18.1 Å². The first-order valence-electron chi connectivity index (χ1n) is 4.93. The van der Waals surface area contributed by atoms with Crippen molar-refractivity contribution in [2.75, 3.05) is 7.11 Å². The van der Waals surface area contributed by atoms with Gasteiger partial charge in [0.2, 0.25) is 0 Å². The number of nitrogens with zero attached hydrogens (tertiary/aromatic N) is 1. The number of ether oxygens (including phenoxy) is 1. The lowest BCUT2D eigenvalue weighted by Gasteiger charge is -2.01. The molecule has 0 radical (unpaired) electrons. The first kappa shape index (κ1) is 12.1. The molecule has 0 N–H and O–H groups in total. The molecule has 88 valence electrons. The highest BCUT2D eigenvalue weighted by Crippen LogP contribution is 2.25. The lowest BCUT2D eigenvalue weighted by atomic mass is 10.1. The number of methoxy groups -OCH3 is 1. The SMILES string of the molecule is COC(=O)c1cccc(-c2nc(CCl)cs2)c1. The molecule has 1 aromatic carbocycles. The fraction of sp³-hybridized carbons (Fsp3) is 0.167. The molecule has 0 amide bonds. The molecule has 0 atom stereocenters. The van der Waals surface area contributed by atoms with E-state index in [2.05, 4.69) is 9.72 Å². The topological polar surface area (TPSA) is 39.2 Å². The van der Waals surface area contributed by atoms with Crippen molar-refractivity contribution in [3.05, 3.63) is 40.9 Å². The van der Waals surface area contributed by atoms with Crippen molar-refractivity contribution in [2.24, 2.45) is 0 Å². The molecule has 0 spiro atoms. The van der Waals surface area contributed by atoms with Crippen molar-refractivity contribution in [1.82, 2.24) is 4.98 Å². The summed E-state index contributed by atoms with van der Waals surface area (Å²) in [4.78, 5) is 15.8. The Morgan fingerprint density at radius 1 is 1.53 bits per heavy atom. The summed E-state index contributed by atoms with van der Waals surface area (Å²) in [5.41, 5.74) is 2.26. The molecule has 0 fully saturated rings. The van der Waals surface area contributed by atoms with E-state index in [4.69, 9.17) is 11.6 Å². The largest absolute Gasteiger partial charge is 0.465 e. The lowest BCUT2D eigenvalue weighted by Crippen LogP contribution is -2.00. The van der Waals surface area contributed by atoms with E-state index in [0.717, 1.165) is 16.3 Å². The van der Waals surface area contributed by atoms with Gasteiger partial charge in [0.25, 0.3) is 0 Å². The number of carbonyl (C=O) groups excluding carboxylic acids is 1. The summed E-state index contributed by atoms with van der Waals surface area (Å²) in [5.74, 6) is 0.0497. The maximum atomic E-state index is 11.4. The van der Waals surface area contributed by atoms with Crippen LogP contribution >= 0.6 is 22.9 Å². The standard InChI is InChI=1S/C12H10ClNO2S/c1-16-12(15)9-4-2-3-8(5-9)11-14-10(6-13)7-17-11/h2-5,7H,6H2,1H3. The first-order chi connectivity index (χ1) is 8.24. The second-order valence-electron chi connectivity index (χ2n) is 3.35. The van der Waals surface area contributed by atoms with E-state index in [1.54, 1.807) is 12.1 Å². The highest BCUT2D eigenvalue weighted by atomic mass is 35.5. The van der Waals surface area contributed by atoms with E-state index in [0.29, 0.717) is 11.4 Å². The lowest BCUT2D eigenvalue weighted by molar-refractivity contribution is 0.0601. The van der Waals surface area contributed by atoms with E-state index in [9.17, 15) is 4.79 Å². The van der Waals surface area contributed by atoms with E-state index < -0.39 is 0 Å². The Bertz CT molecular complexity index is 539. The van der Waals surface area contributed by atoms with Gasteiger partial charge in [-0.3, -0.25) is 0 Å². The van der Waals surface area contributed by atoms with Gasteiger partial charge >= 0.3 is 5.97 Å². The van der Waals surface area contributed by atoms with Crippen molar-refractivity contribution in [3.8, 4) is 10.6 Å². The van der Waals surface area contributed by atoms with E-state index in [1.165, 1.54) is 18.4 Å². The molecule has 0 bridgehead atoms. The van der Waals surface area contributed by atoms with Gasteiger partial charge in [0.05, 0.1) is 24.2 Å². The van der Waals surface area contributed by atoms with Gasteiger partial charge in [0.15, 0.2) is 0 Å². The molecule has 3 nitrogen and oxygen atoms in total. The average Bonchev–Trinajstić information content (AvgIpc) is 2.86. The normalized spacial score (nSPS) is 10.2. The summed E-state index contributed by atoms with van der Waals surface area (Å²) in [6.45, 7) is 0. The first-order valence-corrected chi connectivity index (χ1v) is 6.35. The zero-order valence-corrected chi connectivity index (χ0v) is 10.7. The average molecular weight is 268 g/mol. The Balaban J connectivity index is 2.35. The number of aromatic nitrogens is 1. The minimum atomic E-state index is -0.346. The van der Waals surface area contributed by atoms with Crippen LogP contribution in [0.25, 0.3) is 10.6 Å². The minimum absolute atomic E-state index is 0.346. The van der Waals surface area contributed by atoms with Crippen molar-refractivity contribution in [3.63, 3.8) is 0 Å². The number of halogens is 1. The minimum Gasteiger partial charge on any atom is -0.465 e. The molecule has 0 aliphatic rings. The second-order valence-corrected chi connectivity index (χ2v) is 4.48. The van der Waals surface area contributed by atoms with Gasteiger partial charge in [0, 0.05) is 10.9 Å². The number of esters is 1. The van der Waals surface area contributed by atoms with Gasteiger partial charge in [0.1, 0.15) is 5.01 Å². The van der Waals surface area contributed by atoms with Crippen LogP contribution in [0.5, 0.6) is 0 Å². The molecule has 0 saturated heterocycles. The number of carbonyl (C=O) groups is 1. The summed E-state index contributed by atoms with van der Waals surface area (Å²) >= 11 is 7.21. The molecule has 0 unspecified atom stereocenters. The second kappa shape index (κ2) is 5.29. The van der Waals surface area contributed by atoms with Crippen LogP contribution in [0.1, 0.15) is 16.1 Å². The molecular weight excluding hydrogens is 258 g/mol. The molecule has 1 aromatic heterocycles. The molecular formula is C12H10ClNO2S. The number of thiazole rings is 1. The number of hydrogen-bond donors (Lipinski definition) is 0. The van der Waals surface area contributed by atoms with Gasteiger partial charge in [-0.15, -0.1) is 22.9 Å². The van der Waals surface area contributed by atoms with Crippen molar-refractivity contribution >= 4 is 28.9 Å². The van der Waals surface area contributed by atoms with Crippen LogP contribution in [0.15, 0.2) is 29.6 Å². The zero-order chi connectivity index (χ0) is 12.3. The summed E-state index contributed by atoms with van der Waals surface area (Å²) in [7, 11) is 1.37. The Morgan fingerprint density at radius 2 is 2.35 bits per heavy atom. The fourth-order valence-corrected chi connectivity index (χ4v) is 2.44. The molecule has 17 heavy (non-hydrogen) atoms. The summed E-state index contributed by atoms with van der Waals surface area (Å²) in [6, 6.07) is 7.20. The molecule has 1 heterocycles. The Morgan fingerprint density at radius 3 is 3.00 bits per heavy atom. The summed E-state index contributed by atoms with van der Waals surface area (Å²) in [5, 5.41) is 2.76. The molecule has 2 rings (SSSR count). The van der Waals surface area contributed by atoms with Crippen LogP contribution in [0.2, 0.25) is 0 Å². The van der Waals surface area contributed by atoms with Gasteiger partial charge < -0.3 is 4.74 Å². The number of rotatable bonds is 3. The number of benzene rings is 1. The molecule has 2 aromatic rings. The summed E-state index contributed by atoms with van der Waals surface area (Å²) in [6.07, 6.45) is 0. The van der Waals surface area contributed by atoms with Gasteiger partial charge in [-0.25, -0.2) is 9.78 Å². The van der Waals surface area contributed by atoms with Gasteiger partial charge in [-0.2, -0.15) is 0 Å². The molecule has 0 saturated carbocycles. The predicted molar refractivity (Wildman–Crippen MR) is 68.4 cm³/mol. The third-order valence-electron chi connectivity index (χ3n) is 2.22. The smallest absolute Gasteiger partial charge is 0.337 e. The maximum absolute atomic E-state index is 11.4. The highest BCUT2D eigenvalue weighted by molar-refractivity contribution is 7.13. The van der Waals surface area contributed by atoms with Gasteiger partial charge in [-0.05, 0) is 12.1 Å². The Hall–Kier alpha value is -1.39. The maximum Gasteiger partial charge on any atom is 0.337 e. The Labute approximate surface area is 108 Å². The Kier molecular flexibility index (Phi) is 3.76. The van der Waals surface area contributed by atoms with E-state index >= 15 is 0 Å². The van der Waals surface area contributed by atoms with Crippen LogP contribution in [0, 0.1) is 0 Å². The molecule has 5 heteroatoms. The van der Waals surface area contributed by atoms with Crippen LogP contribution in [-0.2, 0) is 10.6 Å². The van der Waals surface area contributed by atoms with E-state index in [1.807, 2.05) is 17.5 Å². The van der Waals surface area contributed by atoms with E-state index in [-0.39, 0.29) is 5.97 Å². The highest BCUT2D eigenvalue weighted by Gasteiger charge is 2.09.